The van der Waals surface area contributed by atoms with Gasteiger partial charge >= 0.3 is 6.18 Å². The van der Waals surface area contributed by atoms with E-state index in [2.05, 4.69) is 37.8 Å². The van der Waals surface area contributed by atoms with Crippen molar-refractivity contribution in [3.8, 4) is 23.3 Å². The molecule has 0 aliphatic carbocycles. The molecule has 1 unspecified atom stereocenters. The third-order valence-corrected chi connectivity index (χ3v) is 11.9. The van der Waals surface area contributed by atoms with Crippen molar-refractivity contribution >= 4 is 45.1 Å². The first-order valence-corrected chi connectivity index (χ1v) is 21.3. The lowest BCUT2D eigenvalue weighted by Crippen LogP contribution is -2.29. The molecule has 0 fully saturated rings. The van der Waals surface area contributed by atoms with Gasteiger partial charge in [0.05, 0.1) is 54.9 Å². The molecule has 0 saturated heterocycles. The molecule has 16 heteroatoms. The highest BCUT2D eigenvalue weighted by Crippen LogP contribution is 2.44. The smallest absolute Gasteiger partial charge is 0.417 e. The maximum atomic E-state index is 15.3. The van der Waals surface area contributed by atoms with Gasteiger partial charge in [-0.05, 0) is 88.6 Å². The van der Waals surface area contributed by atoms with Crippen molar-refractivity contribution in [3.05, 3.63) is 116 Å². The normalized spacial score (nSPS) is 15.0. The Morgan fingerprint density at radius 2 is 1.65 bits per heavy atom. The Morgan fingerprint density at radius 1 is 1.00 bits per heavy atom. The van der Waals surface area contributed by atoms with E-state index in [9.17, 15) is 4.79 Å². The Labute approximate surface area is 360 Å². The molecule has 5 aromatic rings. The van der Waals surface area contributed by atoms with Gasteiger partial charge in [-0.15, -0.1) is 5.92 Å². The first kappa shape index (κ1) is 42.9. The van der Waals surface area contributed by atoms with Crippen LogP contribution in [-0.2, 0) is 50.1 Å². The lowest BCUT2D eigenvalue weighted by Gasteiger charge is -2.33. The zero-order valence-corrected chi connectivity index (χ0v) is 36.6. The molecule has 11 nitrogen and oxygen atoms in total. The van der Waals surface area contributed by atoms with E-state index >= 15 is 13.2 Å². The van der Waals surface area contributed by atoms with E-state index < -0.39 is 17.8 Å². The van der Waals surface area contributed by atoms with E-state index in [1.54, 1.807) is 34.4 Å². The van der Waals surface area contributed by atoms with E-state index in [1.165, 1.54) is 29.7 Å². The van der Waals surface area contributed by atoms with Crippen LogP contribution in [0.3, 0.4) is 0 Å². The van der Waals surface area contributed by atoms with Gasteiger partial charge in [0.1, 0.15) is 17.3 Å². The number of aryl methyl sites for hydroxylation is 1. The second-order valence-electron chi connectivity index (χ2n) is 14.7. The monoisotopic (exact) mass is 903 g/mol. The Morgan fingerprint density at radius 3 is 2.22 bits per heavy atom. The molecule has 60 heavy (non-hydrogen) atoms. The molecule has 2 aromatic heterocycles. The largest absolute Gasteiger partial charge is 0.497 e. The van der Waals surface area contributed by atoms with E-state index in [-0.39, 0.29) is 30.1 Å². The van der Waals surface area contributed by atoms with Gasteiger partial charge in [0, 0.05) is 63.5 Å². The van der Waals surface area contributed by atoms with Crippen molar-refractivity contribution in [1.82, 2.24) is 24.6 Å². The third-order valence-electron chi connectivity index (χ3n) is 10.6. The predicted molar refractivity (Wildman–Crippen MR) is 229 cm³/mol. The number of rotatable bonds is 11. The van der Waals surface area contributed by atoms with Gasteiger partial charge in [-0.25, -0.2) is 9.97 Å². The molecular weight excluding hydrogens is 859 g/mol. The molecule has 1 atom stereocenters. The maximum Gasteiger partial charge on any atom is 0.417 e. The summed E-state index contributed by atoms with van der Waals surface area (Å²) in [7, 11) is 6.56. The summed E-state index contributed by atoms with van der Waals surface area (Å²) in [6, 6.07) is 18.4. The van der Waals surface area contributed by atoms with Crippen LogP contribution in [0.2, 0.25) is 0 Å². The van der Waals surface area contributed by atoms with Crippen LogP contribution in [0.25, 0.3) is 0 Å². The summed E-state index contributed by atoms with van der Waals surface area (Å²) in [5.74, 6) is 7.35. The minimum Gasteiger partial charge on any atom is -0.497 e. The number of alkyl halides is 3. The summed E-state index contributed by atoms with van der Waals surface area (Å²) in [6.07, 6.45) is -3.05. The average molecular weight is 905 g/mol. The van der Waals surface area contributed by atoms with Crippen LogP contribution >= 0.6 is 27.7 Å². The van der Waals surface area contributed by atoms with Gasteiger partial charge in [0.25, 0.3) is 5.91 Å². The number of thioether (sulfide) groups is 1. The Balaban J connectivity index is 1.29. The highest BCUT2D eigenvalue weighted by atomic mass is 79.9. The fraction of sp³-hybridized carbons (Fsp3) is 0.364. The fourth-order valence-electron chi connectivity index (χ4n) is 7.57. The predicted octanol–water partition coefficient (Wildman–Crippen LogP) is 8.70. The summed E-state index contributed by atoms with van der Waals surface area (Å²) in [5.41, 5.74) is 3.98. The summed E-state index contributed by atoms with van der Waals surface area (Å²) < 4.78 is 65.7. The lowest BCUT2D eigenvalue weighted by molar-refractivity contribution is -0.140. The van der Waals surface area contributed by atoms with Gasteiger partial charge < -0.3 is 28.9 Å². The molecule has 1 amide bonds. The Bertz CT molecular complexity index is 2380. The molecular formula is C44H45BrF3N7O4S. The van der Waals surface area contributed by atoms with Gasteiger partial charge in [0.2, 0.25) is 0 Å². The zero-order valence-electron chi connectivity index (χ0n) is 34.2. The lowest BCUT2D eigenvalue weighted by atomic mass is 9.91. The number of methoxy groups -OCH3 is 2. The molecule has 3 aromatic carbocycles. The number of aromatic nitrogens is 4. The Hall–Kier alpha value is -5.24. The summed E-state index contributed by atoms with van der Waals surface area (Å²) in [6.45, 7) is 3.92. The molecule has 0 bridgehead atoms. The topological polar surface area (TPSA) is 98.1 Å². The molecule has 0 saturated carbocycles. The Kier molecular flexibility index (Phi) is 13.0. The fourth-order valence-corrected chi connectivity index (χ4v) is 8.53. The van der Waals surface area contributed by atoms with Crippen molar-refractivity contribution in [1.29, 1.82) is 0 Å². The van der Waals surface area contributed by atoms with Crippen LogP contribution in [0.1, 0.15) is 74.7 Å². The minimum atomic E-state index is -4.73. The maximum absolute atomic E-state index is 15.3. The number of fused-ring (bicyclic) bond motifs is 2. The number of ether oxygens (including phenoxy) is 3. The quantitative estimate of drug-likeness (QED) is 0.0728. The van der Waals surface area contributed by atoms with Gasteiger partial charge in [-0.2, -0.15) is 18.3 Å². The molecule has 0 spiro atoms. The number of hydrogen-bond donors (Lipinski definition) is 0. The SMILES string of the molecule is CC#Cc1cc(N(Cc2ccc(OC)cc2)Cc2ccc(OC)cc2)cc(C2Cc3nc(SC)nc(N4CCCn5nc(C(=O)N(C)C)c(Br)c5C4)c3CO2)c1C(F)(F)F. The average Bonchev–Trinajstić information content (AvgIpc) is 3.39. The van der Waals surface area contributed by atoms with Crippen molar-refractivity contribution < 1.29 is 32.2 Å². The molecule has 2 aliphatic heterocycles. The second kappa shape index (κ2) is 18.2. The van der Waals surface area contributed by atoms with Crippen molar-refractivity contribution in [2.24, 2.45) is 0 Å². The third kappa shape index (κ3) is 9.08. The standard InChI is InChI=1S/C44H45BrF3N7O4S/c1-7-9-29-20-30(54(23-27-10-14-31(57-4)15-11-27)24-28-12-16-32(58-5)17-13-28)21-33(38(29)44(46,47)48)37-22-35-34(26-59-37)41(50-43(49-35)60-6)53-18-8-19-55-36(25-53)39(45)40(51-55)42(56)52(2)3/h10-17,20-21,37H,8,18-19,22-26H2,1-6H3. The van der Waals surface area contributed by atoms with Gasteiger partial charge in [-0.3, -0.25) is 9.48 Å². The van der Waals surface area contributed by atoms with Crippen LogP contribution in [0, 0.1) is 11.8 Å². The molecule has 2 aliphatic rings. The summed E-state index contributed by atoms with van der Waals surface area (Å²) >= 11 is 5.01. The van der Waals surface area contributed by atoms with Crippen molar-refractivity contribution in [3.63, 3.8) is 0 Å². The van der Waals surface area contributed by atoms with E-state index in [4.69, 9.17) is 24.2 Å². The van der Waals surface area contributed by atoms with E-state index in [0.717, 1.165) is 28.8 Å². The molecule has 0 N–H and O–H groups in total. The van der Waals surface area contributed by atoms with Crippen LogP contribution in [0.15, 0.2) is 70.3 Å². The van der Waals surface area contributed by atoms with Crippen LogP contribution < -0.4 is 19.3 Å². The number of benzene rings is 3. The number of hydrogen-bond acceptors (Lipinski definition) is 10. The van der Waals surface area contributed by atoms with E-state index in [1.807, 2.05) is 64.4 Å². The zero-order chi connectivity index (χ0) is 42.7. The highest BCUT2D eigenvalue weighted by Gasteiger charge is 2.41. The number of nitrogens with zero attached hydrogens (tertiary/aromatic N) is 7. The number of carbonyl (C=O) groups excluding carboxylic acids is 1. The number of halogens is 4. The van der Waals surface area contributed by atoms with Crippen molar-refractivity contribution in [2.45, 2.75) is 70.0 Å². The molecule has 314 valence electrons. The summed E-state index contributed by atoms with van der Waals surface area (Å²) in [5, 5.41) is 5.13. The van der Waals surface area contributed by atoms with E-state index in [0.29, 0.717) is 76.7 Å². The first-order valence-electron chi connectivity index (χ1n) is 19.3. The van der Waals surface area contributed by atoms with Crippen LogP contribution in [0.4, 0.5) is 24.7 Å². The minimum absolute atomic E-state index is 0.00980. The summed E-state index contributed by atoms with van der Waals surface area (Å²) in [4.78, 5) is 28.4. The number of anilines is 2. The van der Waals surface area contributed by atoms with Gasteiger partial charge in [0.15, 0.2) is 10.9 Å². The second-order valence-corrected chi connectivity index (χ2v) is 16.2. The van der Waals surface area contributed by atoms with Crippen LogP contribution in [-0.4, -0.2) is 71.7 Å². The number of amides is 1. The van der Waals surface area contributed by atoms with Gasteiger partial charge in [-0.1, -0.05) is 41.9 Å². The first-order chi connectivity index (χ1) is 28.8. The van der Waals surface area contributed by atoms with Crippen molar-refractivity contribution in [2.75, 3.05) is 50.9 Å². The molecule has 0 radical (unpaired) electrons. The number of carbonyl (C=O) groups is 1. The molecule has 7 rings (SSSR count). The highest BCUT2D eigenvalue weighted by molar-refractivity contribution is 9.10. The molecule has 4 heterocycles. The van der Waals surface area contributed by atoms with Crippen LogP contribution in [0.5, 0.6) is 11.5 Å².